The molecule has 0 aliphatic carbocycles. The predicted octanol–water partition coefficient (Wildman–Crippen LogP) is 3.05. The van der Waals surface area contributed by atoms with Gasteiger partial charge in [0.15, 0.2) is 0 Å². The highest BCUT2D eigenvalue weighted by molar-refractivity contribution is 6.03. The van der Waals surface area contributed by atoms with Crippen LogP contribution in [0.5, 0.6) is 0 Å². The van der Waals surface area contributed by atoms with E-state index in [-0.39, 0.29) is 44.4 Å². The standard InChI is InChI=1S/C26H37N3O7/c1-7-35-21(30)17-20(27-18(2)19-11-9-8-10-12-19)28-22(31)26(23(32)34-6)13-15-29(16-14-26)24(33)36-25(3,4)5/h8-12,17-18,27H,7,13-16H2,1-6H3,(H,28,31)/t18-/m0/s1. The van der Waals surface area contributed by atoms with Gasteiger partial charge in [0.05, 0.1) is 19.8 Å². The summed E-state index contributed by atoms with van der Waals surface area (Å²) < 4.78 is 15.4. The molecule has 1 aromatic carbocycles. The van der Waals surface area contributed by atoms with Gasteiger partial charge in [0.1, 0.15) is 16.8 Å². The van der Waals surface area contributed by atoms with Crippen molar-refractivity contribution in [3.05, 3.63) is 47.8 Å². The van der Waals surface area contributed by atoms with E-state index < -0.39 is 35.0 Å². The van der Waals surface area contributed by atoms with Crippen LogP contribution in [0.2, 0.25) is 0 Å². The maximum Gasteiger partial charge on any atom is 0.410 e. The van der Waals surface area contributed by atoms with Crippen LogP contribution in [-0.2, 0) is 28.6 Å². The van der Waals surface area contributed by atoms with E-state index in [2.05, 4.69) is 10.6 Å². The molecule has 198 valence electrons. The van der Waals surface area contributed by atoms with Crippen LogP contribution in [0.25, 0.3) is 0 Å². The Hall–Kier alpha value is -3.56. The van der Waals surface area contributed by atoms with Gasteiger partial charge in [-0.15, -0.1) is 0 Å². The molecule has 1 saturated heterocycles. The summed E-state index contributed by atoms with van der Waals surface area (Å²) in [7, 11) is 1.21. The third kappa shape index (κ3) is 7.73. The van der Waals surface area contributed by atoms with Gasteiger partial charge in [0.2, 0.25) is 5.91 Å². The number of hydrogen-bond acceptors (Lipinski definition) is 8. The van der Waals surface area contributed by atoms with Crippen LogP contribution < -0.4 is 10.6 Å². The number of hydrogen-bond donors (Lipinski definition) is 2. The number of likely N-dealkylation sites (tertiary alicyclic amines) is 1. The van der Waals surface area contributed by atoms with Crippen molar-refractivity contribution in [1.29, 1.82) is 0 Å². The van der Waals surface area contributed by atoms with E-state index in [0.717, 1.165) is 11.6 Å². The summed E-state index contributed by atoms with van der Waals surface area (Å²) >= 11 is 0. The molecule has 1 atom stereocenters. The van der Waals surface area contributed by atoms with Gasteiger partial charge in [0.25, 0.3) is 0 Å². The van der Waals surface area contributed by atoms with Crippen LogP contribution in [0, 0.1) is 5.41 Å². The van der Waals surface area contributed by atoms with Gasteiger partial charge < -0.3 is 29.7 Å². The SMILES string of the molecule is CCOC(=O)C=C(NC(=O)C1(C(=O)OC)CCN(C(=O)OC(C)(C)C)CC1)N[C@@H](C)c1ccccc1. The molecular formula is C26H37N3O7. The number of nitrogens with zero attached hydrogens (tertiary/aromatic N) is 1. The lowest BCUT2D eigenvalue weighted by Gasteiger charge is -2.39. The van der Waals surface area contributed by atoms with Gasteiger partial charge in [-0.3, -0.25) is 9.59 Å². The summed E-state index contributed by atoms with van der Waals surface area (Å²) in [5.41, 5.74) is -1.28. The number of carbonyl (C=O) groups is 4. The first kappa shape index (κ1) is 28.7. The fourth-order valence-corrected chi connectivity index (χ4v) is 3.83. The normalized spacial score (nSPS) is 16.4. The summed E-state index contributed by atoms with van der Waals surface area (Å²) in [6.45, 7) is 9.26. The van der Waals surface area contributed by atoms with Crippen molar-refractivity contribution < 1.29 is 33.4 Å². The summed E-state index contributed by atoms with van der Waals surface area (Å²) in [5.74, 6) is -1.91. The van der Waals surface area contributed by atoms with E-state index >= 15 is 0 Å². The van der Waals surface area contributed by atoms with E-state index in [1.807, 2.05) is 37.3 Å². The van der Waals surface area contributed by atoms with E-state index in [4.69, 9.17) is 14.2 Å². The van der Waals surface area contributed by atoms with Crippen LogP contribution >= 0.6 is 0 Å². The average molecular weight is 504 g/mol. The molecule has 0 bridgehead atoms. The Morgan fingerprint density at radius 1 is 1.11 bits per heavy atom. The first-order chi connectivity index (χ1) is 16.9. The van der Waals surface area contributed by atoms with Crippen molar-refractivity contribution in [3.63, 3.8) is 0 Å². The summed E-state index contributed by atoms with van der Waals surface area (Å²) in [5, 5.41) is 5.80. The number of carbonyl (C=O) groups excluding carboxylic acids is 4. The van der Waals surface area contributed by atoms with E-state index in [1.54, 1.807) is 27.7 Å². The van der Waals surface area contributed by atoms with Crippen LogP contribution in [0.15, 0.2) is 42.2 Å². The number of benzene rings is 1. The zero-order valence-electron chi connectivity index (χ0n) is 21.9. The number of rotatable bonds is 8. The van der Waals surface area contributed by atoms with Gasteiger partial charge in [-0.2, -0.15) is 0 Å². The van der Waals surface area contributed by atoms with Gasteiger partial charge in [-0.1, -0.05) is 30.3 Å². The Morgan fingerprint density at radius 2 is 1.72 bits per heavy atom. The minimum Gasteiger partial charge on any atom is -0.468 e. The van der Waals surface area contributed by atoms with E-state index in [9.17, 15) is 19.2 Å². The molecule has 1 heterocycles. The third-order valence-corrected chi connectivity index (χ3v) is 5.75. The molecule has 10 heteroatoms. The van der Waals surface area contributed by atoms with Crippen molar-refractivity contribution in [1.82, 2.24) is 15.5 Å². The van der Waals surface area contributed by atoms with Crippen LogP contribution in [-0.4, -0.2) is 61.2 Å². The molecule has 0 unspecified atom stereocenters. The maximum atomic E-state index is 13.5. The molecule has 2 rings (SSSR count). The van der Waals surface area contributed by atoms with Gasteiger partial charge in [-0.05, 0) is 53.0 Å². The van der Waals surface area contributed by atoms with E-state index in [0.29, 0.717) is 0 Å². The Labute approximate surface area is 212 Å². The lowest BCUT2D eigenvalue weighted by atomic mass is 9.77. The number of amides is 2. The van der Waals surface area contributed by atoms with Crippen molar-refractivity contribution in [2.45, 2.75) is 59.1 Å². The Morgan fingerprint density at radius 3 is 2.25 bits per heavy atom. The maximum absolute atomic E-state index is 13.5. The molecule has 0 radical (unpaired) electrons. The largest absolute Gasteiger partial charge is 0.468 e. The number of esters is 2. The highest BCUT2D eigenvalue weighted by Crippen LogP contribution is 2.34. The molecular weight excluding hydrogens is 466 g/mol. The predicted molar refractivity (Wildman–Crippen MR) is 132 cm³/mol. The Bertz CT molecular complexity index is 961. The molecule has 0 spiro atoms. The molecule has 1 aliphatic heterocycles. The van der Waals surface area contributed by atoms with Crippen molar-refractivity contribution in [2.75, 3.05) is 26.8 Å². The molecule has 1 aromatic rings. The van der Waals surface area contributed by atoms with Crippen LogP contribution in [0.1, 0.15) is 59.1 Å². The quantitative estimate of drug-likeness (QED) is 0.240. The first-order valence-electron chi connectivity index (χ1n) is 12.0. The van der Waals surface area contributed by atoms with E-state index in [1.165, 1.54) is 12.0 Å². The minimum atomic E-state index is -1.54. The van der Waals surface area contributed by atoms with Gasteiger partial charge >= 0.3 is 18.0 Å². The van der Waals surface area contributed by atoms with Crippen LogP contribution in [0.3, 0.4) is 0 Å². The smallest absolute Gasteiger partial charge is 0.410 e. The number of ether oxygens (including phenoxy) is 3. The highest BCUT2D eigenvalue weighted by atomic mass is 16.6. The van der Waals surface area contributed by atoms with Gasteiger partial charge in [0, 0.05) is 19.1 Å². The number of nitrogens with one attached hydrogen (secondary N) is 2. The molecule has 1 fully saturated rings. The minimum absolute atomic E-state index is 0.0334. The molecule has 0 saturated carbocycles. The topological polar surface area (TPSA) is 123 Å². The molecule has 0 aromatic heterocycles. The lowest BCUT2D eigenvalue weighted by molar-refractivity contribution is -0.162. The monoisotopic (exact) mass is 503 g/mol. The second-order valence-corrected chi connectivity index (χ2v) is 9.58. The number of piperidine rings is 1. The summed E-state index contributed by atoms with van der Waals surface area (Å²) in [6.07, 6.45) is 0.696. The fourth-order valence-electron chi connectivity index (χ4n) is 3.83. The fraction of sp³-hybridized carbons (Fsp3) is 0.538. The second kappa shape index (κ2) is 12.4. The van der Waals surface area contributed by atoms with Crippen molar-refractivity contribution in [3.8, 4) is 0 Å². The molecule has 2 amide bonds. The molecule has 10 nitrogen and oxygen atoms in total. The Balaban J connectivity index is 2.24. The second-order valence-electron chi connectivity index (χ2n) is 9.58. The Kier molecular flexibility index (Phi) is 9.89. The van der Waals surface area contributed by atoms with Gasteiger partial charge in [-0.25, -0.2) is 9.59 Å². The molecule has 2 N–H and O–H groups in total. The lowest BCUT2D eigenvalue weighted by Crippen LogP contribution is -2.55. The number of methoxy groups -OCH3 is 1. The average Bonchev–Trinajstić information content (AvgIpc) is 2.83. The molecule has 36 heavy (non-hydrogen) atoms. The van der Waals surface area contributed by atoms with Crippen LogP contribution in [0.4, 0.5) is 4.79 Å². The first-order valence-corrected chi connectivity index (χ1v) is 12.0. The third-order valence-electron chi connectivity index (χ3n) is 5.75. The zero-order valence-corrected chi connectivity index (χ0v) is 21.9. The summed E-state index contributed by atoms with van der Waals surface area (Å²) in [6, 6.07) is 9.19. The molecule has 1 aliphatic rings. The van der Waals surface area contributed by atoms with Crippen molar-refractivity contribution in [2.24, 2.45) is 5.41 Å². The summed E-state index contributed by atoms with van der Waals surface area (Å²) in [4.78, 5) is 52.5. The highest BCUT2D eigenvalue weighted by Gasteiger charge is 2.50. The zero-order chi connectivity index (χ0) is 26.9. The van der Waals surface area contributed by atoms with Crippen molar-refractivity contribution >= 4 is 23.9 Å².